The zero-order valence-electron chi connectivity index (χ0n) is 15.2. The molecule has 0 aliphatic carbocycles. The number of ether oxygens (including phenoxy) is 2. The van der Waals surface area contributed by atoms with Crippen molar-refractivity contribution in [2.75, 3.05) is 6.61 Å². The van der Waals surface area contributed by atoms with Crippen molar-refractivity contribution >= 4 is 6.21 Å². The fourth-order valence-corrected chi connectivity index (χ4v) is 3.37. The van der Waals surface area contributed by atoms with Gasteiger partial charge in [-0.1, -0.05) is 91.0 Å². The average molecular weight is 357 g/mol. The van der Waals surface area contributed by atoms with Crippen LogP contribution in [0.5, 0.6) is 0 Å². The van der Waals surface area contributed by atoms with Crippen LogP contribution in [0.2, 0.25) is 0 Å². The summed E-state index contributed by atoms with van der Waals surface area (Å²) >= 11 is 0. The smallest absolute Gasteiger partial charge is 0.222 e. The maximum atomic E-state index is 6.51. The van der Waals surface area contributed by atoms with Gasteiger partial charge in [-0.05, 0) is 5.56 Å². The van der Waals surface area contributed by atoms with E-state index in [4.69, 9.17) is 9.47 Å². The molecule has 27 heavy (non-hydrogen) atoms. The second kappa shape index (κ2) is 8.30. The summed E-state index contributed by atoms with van der Waals surface area (Å²) in [4.78, 5) is 4.61. The average Bonchev–Trinajstić information content (AvgIpc) is 2.76. The summed E-state index contributed by atoms with van der Waals surface area (Å²) in [6, 6.07) is 30.5. The Morgan fingerprint density at radius 2 is 1.37 bits per heavy atom. The quantitative estimate of drug-likeness (QED) is 0.604. The molecule has 0 N–H and O–H groups in total. The first-order valence-corrected chi connectivity index (χ1v) is 9.33. The van der Waals surface area contributed by atoms with Gasteiger partial charge < -0.3 is 9.47 Å². The third kappa shape index (κ3) is 4.00. The van der Waals surface area contributed by atoms with Crippen LogP contribution >= 0.6 is 0 Å². The van der Waals surface area contributed by atoms with Crippen molar-refractivity contribution in [2.24, 2.45) is 4.99 Å². The largest absolute Gasteiger partial charge is 0.342 e. The van der Waals surface area contributed by atoms with Gasteiger partial charge in [-0.2, -0.15) is 0 Å². The summed E-state index contributed by atoms with van der Waals surface area (Å²) in [5.41, 5.74) is 3.19. The molecule has 1 saturated heterocycles. The molecule has 3 aromatic carbocycles. The van der Waals surface area contributed by atoms with E-state index in [1.54, 1.807) is 0 Å². The van der Waals surface area contributed by atoms with E-state index in [0.29, 0.717) is 13.2 Å². The highest BCUT2D eigenvalue weighted by atomic mass is 16.7. The van der Waals surface area contributed by atoms with Gasteiger partial charge in [-0.25, -0.2) is 0 Å². The summed E-state index contributed by atoms with van der Waals surface area (Å²) in [6.45, 7) is 1.27. The summed E-state index contributed by atoms with van der Waals surface area (Å²) in [7, 11) is 0. The molecule has 0 saturated carbocycles. The van der Waals surface area contributed by atoms with Gasteiger partial charge in [0.25, 0.3) is 0 Å². The molecule has 0 bridgehead atoms. The molecular formula is C24H23NO2. The van der Waals surface area contributed by atoms with Crippen molar-refractivity contribution in [3.8, 4) is 0 Å². The molecule has 0 radical (unpaired) electrons. The van der Waals surface area contributed by atoms with Gasteiger partial charge in [0.2, 0.25) is 5.79 Å². The number of rotatable bonds is 5. The Hall–Kier alpha value is -2.75. The lowest BCUT2D eigenvalue weighted by atomic mass is 9.95. The summed E-state index contributed by atoms with van der Waals surface area (Å²) in [5.74, 6) is -0.899. The minimum Gasteiger partial charge on any atom is -0.342 e. The van der Waals surface area contributed by atoms with E-state index in [-0.39, 0.29) is 6.10 Å². The Labute approximate surface area is 160 Å². The lowest BCUT2D eigenvalue weighted by molar-refractivity contribution is -0.262. The van der Waals surface area contributed by atoms with E-state index >= 15 is 0 Å². The maximum absolute atomic E-state index is 6.51. The molecule has 1 aliphatic heterocycles. The monoisotopic (exact) mass is 357 g/mol. The highest BCUT2D eigenvalue weighted by Gasteiger charge is 2.41. The molecule has 1 aliphatic rings. The fraction of sp³-hybridized carbons (Fsp3) is 0.208. The van der Waals surface area contributed by atoms with E-state index < -0.39 is 5.79 Å². The number of hydrogen-bond acceptors (Lipinski definition) is 3. The molecular weight excluding hydrogens is 334 g/mol. The molecule has 4 rings (SSSR count). The van der Waals surface area contributed by atoms with Crippen molar-refractivity contribution in [2.45, 2.75) is 24.9 Å². The van der Waals surface area contributed by atoms with Crippen molar-refractivity contribution in [3.63, 3.8) is 0 Å². The van der Waals surface area contributed by atoms with Gasteiger partial charge in [-0.3, -0.25) is 4.99 Å². The fourth-order valence-electron chi connectivity index (χ4n) is 3.37. The minimum absolute atomic E-state index is 0.0946. The molecule has 0 amide bonds. The Kier molecular flexibility index (Phi) is 5.42. The molecule has 136 valence electrons. The van der Waals surface area contributed by atoms with Crippen LogP contribution in [0.3, 0.4) is 0 Å². The normalized spacial score (nSPS) is 19.2. The van der Waals surface area contributed by atoms with E-state index in [1.165, 1.54) is 5.56 Å². The first-order chi connectivity index (χ1) is 13.4. The van der Waals surface area contributed by atoms with Gasteiger partial charge in [0.15, 0.2) is 0 Å². The van der Waals surface area contributed by atoms with Crippen LogP contribution in [0.1, 0.15) is 23.1 Å². The van der Waals surface area contributed by atoms with Crippen LogP contribution in [-0.4, -0.2) is 18.9 Å². The number of hydrogen-bond donors (Lipinski definition) is 0. The third-order valence-corrected chi connectivity index (χ3v) is 4.72. The predicted octanol–water partition coefficient (Wildman–Crippen LogP) is 4.96. The molecule has 3 aromatic rings. The number of nitrogens with zero attached hydrogens (tertiary/aromatic N) is 1. The second-order valence-corrected chi connectivity index (χ2v) is 6.62. The van der Waals surface area contributed by atoms with Crippen LogP contribution in [0.4, 0.5) is 0 Å². The van der Waals surface area contributed by atoms with Gasteiger partial charge in [0.05, 0.1) is 19.3 Å². The highest BCUT2D eigenvalue weighted by molar-refractivity contribution is 5.63. The van der Waals surface area contributed by atoms with E-state index in [9.17, 15) is 0 Å². The van der Waals surface area contributed by atoms with Crippen molar-refractivity contribution in [1.82, 2.24) is 0 Å². The van der Waals surface area contributed by atoms with Crippen molar-refractivity contribution < 1.29 is 9.47 Å². The standard InChI is InChI=1S/C24H23NO2/c1-4-10-20(11-5-1)18-25-19-23-16-17-26-24(27-23,21-12-6-2-7-13-21)22-14-8-3-9-15-22/h1-15,19,23H,16-18H2. The second-order valence-electron chi connectivity index (χ2n) is 6.62. The van der Waals surface area contributed by atoms with Crippen molar-refractivity contribution in [1.29, 1.82) is 0 Å². The van der Waals surface area contributed by atoms with Crippen LogP contribution < -0.4 is 0 Å². The Bertz CT molecular complexity index is 823. The number of benzene rings is 3. The molecule has 1 atom stereocenters. The molecule has 0 aromatic heterocycles. The van der Waals surface area contributed by atoms with Gasteiger partial charge in [-0.15, -0.1) is 0 Å². The van der Waals surface area contributed by atoms with E-state index in [0.717, 1.165) is 17.5 Å². The Balaban J connectivity index is 1.59. The zero-order chi connectivity index (χ0) is 18.4. The van der Waals surface area contributed by atoms with Gasteiger partial charge in [0.1, 0.15) is 0 Å². The van der Waals surface area contributed by atoms with Crippen LogP contribution in [-0.2, 0) is 21.8 Å². The Morgan fingerprint density at radius 3 is 1.96 bits per heavy atom. The molecule has 3 heteroatoms. The van der Waals surface area contributed by atoms with E-state index in [1.807, 2.05) is 60.8 Å². The molecule has 0 spiro atoms. The number of aliphatic imine (C=N–C) groups is 1. The maximum Gasteiger partial charge on any atom is 0.222 e. The molecule has 3 nitrogen and oxygen atoms in total. The first kappa shape index (κ1) is 17.7. The van der Waals surface area contributed by atoms with Gasteiger partial charge >= 0.3 is 0 Å². The molecule has 1 heterocycles. The third-order valence-electron chi connectivity index (χ3n) is 4.72. The minimum atomic E-state index is -0.899. The van der Waals surface area contributed by atoms with E-state index in [2.05, 4.69) is 41.4 Å². The van der Waals surface area contributed by atoms with Crippen LogP contribution in [0.25, 0.3) is 0 Å². The summed E-state index contributed by atoms with van der Waals surface area (Å²) in [5, 5.41) is 0. The SMILES string of the molecule is C(=NCc1ccccc1)C1CCOC(c2ccccc2)(c2ccccc2)O1. The van der Waals surface area contributed by atoms with Gasteiger partial charge in [0, 0.05) is 23.8 Å². The van der Waals surface area contributed by atoms with Crippen molar-refractivity contribution in [3.05, 3.63) is 108 Å². The lowest BCUT2D eigenvalue weighted by Crippen LogP contribution is -2.44. The molecule has 1 fully saturated rings. The summed E-state index contributed by atoms with van der Waals surface area (Å²) in [6.07, 6.45) is 2.62. The lowest BCUT2D eigenvalue weighted by Gasteiger charge is -2.40. The summed E-state index contributed by atoms with van der Waals surface area (Å²) < 4.78 is 12.8. The highest BCUT2D eigenvalue weighted by Crippen LogP contribution is 2.39. The zero-order valence-corrected chi connectivity index (χ0v) is 15.2. The first-order valence-electron chi connectivity index (χ1n) is 9.33. The van der Waals surface area contributed by atoms with Crippen LogP contribution in [0, 0.1) is 0 Å². The Morgan fingerprint density at radius 1 is 0.815 bits per heavy atom. The molecule has 1 unspecified atom stereocenters. The predicted molar refractivity (Wildman–Crippen MR) is 108 cm³/mol. The van der Waals surface area contributed by atoms with Crippen LogP contribution in [0.15, 0.2) is 96.0 Å². The topological polar surface area (TPSA) is 30.8 Å².